The number of thioether (sulfide) groups is 1. The standard InChI is InChI=1S/C21H19NO3S/c23-20(13-15-7-2-1-3-8-15)22-18(21(24)25)14-26-19-12-6-10-16-9-4-5-11-17(16)19/h1-12,18H,13-14H2,(H,22,23)(H,24,25)/t18-/m0/s1. The van der Waals surface area contributed by atoms with Crippen molar-refractivity contribution in [2.24, 2.45) is 0 Å². The number of carboxylic acids is 1. The maximum absolute atomic E-state index is 12.2. The van der Waals surface area contributed by atoms with Crippen LogP contribution in [0, 0.1) is 0 Å². The summed E-state index contributed by atoms with van der Waals surface area (Å²) in [7, 11) is 0. The Labute approximate surface area is 156 Å². The van der Waals surface area contributed by atoms with Gasteiger partial charge in [0.05, 0.1) is 6.42 Å². The molecule has 4 nitrogen and oxygen atoms in total. The topological polar surface area (TPSA) is 66.4 Å². The molecular formula is C21H19NO3S. The van der Waals surface area contributed by atoms with Crippen molar-refractivity contribution in [2.45, 2.75) is 17.4 Å². The number of aliphatic carboxylic acids is 1. The third-order valence-corrected chi connectivity index (χ3v) is 5.16. The fraction of sp³-hybridized carbons (Fsp3) is 0.143. The van der Waals surface area contributed by atoms with Gasteiger partial charge in [0, 0.05) is 10.6 Å². The number of fused-ring (bicyclic) bond motifs is 1. The Hall–Kier alpha value is -2.79. The Balaban J connectivity index is 1.65. The molecule has 0 spiro atoms. The lowest BCUT2D eigenvalue weighted by Crippen LogP contribution is -2.43. The van der Waals surface area contributed by atoms with Gasteiger partial charge in [-0.1, -0.05) is 66.7 Å². The largest absolute Gasteiger partial charge is 0.480 e. The molecule has 132 valence electrons. The van der Waals surface area contributed by atoms with Gasteiger partial charge in [0.15, 0.2) is 0 Å². The minimum atomic E-state index is -1.03. The lowest BCUT2D eigenvalue weighted by atomic mass is 10.1. The van der Waals surface area contributed by atoms with Crippen LogP contribution in [-0.2, 0) is 16.0 Å². The van der Waals surface area contributed by atoms with Gasteiger partial charge in [-0.15, -0.1) is 11.8 Å². The number of carbonyl (C=O) groups excluding carboxylic acids is 1. The first kappa shape index (κ1) is 18.0. The Kier molecular flexibility index (Phi) is 5.92. The van der Waals surface area contributed by atoms with Crippen molar-refractivity contribution in [3.63, 3.8) is 0 Å². The van der Waals surface area contributed by atoms with E-state index in [0.29, 0.717) is 0 Å². The normalized spacial score (nSPS) is 11.8. The van der Waals surface area contributed by atoms with E-state index < -0.39 is 12.0 Å². The second kappa shape index (κ2) is 8.54. The average molecular weight is 365 g/mol. The first-order valence-electron chi connectivity index (χ1n) is 8.30. The fourth-order valence-corrected chi connectivity index (χ4v) is 3.78. The third-order valence-electron chi connectivity index (χ3n) is 4.00. The van der Waals surface area contributed by atoms with Crippen LogP contribution in [0.15, 0.2) is 77.7 Å². The number of rotatable bonds is 7. The molecule has 5 heteroatoms. The van der Waals surface area contributed by atoms with Crippen molar-refractivity contribution in [2.75, 3.05) is 5.75 Å². The van der Waals surface area contributed by atoms with Gasteiger partial charge in [-0.2, -0.15) is 0 Å². The van der Waals surface area contributed by atoms with Crippen molar-refractivity contribution >= 4 is 34.4 Å². The molecule has 1 atom stereocenters. The summed E-state index contributed by atoms with van der Waals surface area (Å²) in [6, 6.07) is 22.3. The van der Waals surface area contributed by atoms with Gasteiger partial charge in [0.25, 0.3) is 0 Å². The van der Waals surface area contributed by atoms with Gasteiger partial charge in [-0.05, 0) is 22.4 Å². The van der Waals surface area contributed by atoms with E-state index in [1.807, 2.05) is 72.8 Å². The number of carbonyl (C=O) groups is 2. The van der Waals surface area contributed by atoms with E-state index in [0.717, 1.165) is 21.2 Å². The number of amides is 1. The van der Waals surface area contributed by atoms with Gasteiger partial charge in [-0.25, -0.2) is 4.79 Å². The van der Waals surface area contributed by atoms with E-state index in [9.17, 15) is 14.7 Å². The SMILES string of the molecule is O=C(Cc1ccccc1)N[C@@H](CSc1cccc2ccccc12)C(=O)O. The minimum absolute atomic E-state index is 0.170. The Morgan fingerprint density at radius 3 is 2.38 bits per heavy atom. The summed E-state index contributed by atoms with van der Waals surface area (Å²) < 4.78 is 0. The van der Waals surface area contributed by atoms with E-state index >= 15 is 0 Å². The van der Waals surface area contributed by atoms with Crippen LogP contribution in [0.4, 0.5) is 0 Å². The first-order valence-corrected chi connectivity index (χ1v) is 9.29. The molecule has 0 fully saturated rings. The summed E-state index contributed by atoms with van der Waals surface area (Å²) >= 11 is 1.44. The monoisotopic (exact) mass is 365 g/mol. The maximum Gasteiger partial charge on any atom is 0.327 e. The van der Waals surface area contributed by atoms with E-state index in [-0.39, 0.29) is 18.1 Å². The van der Waals surface area contributed by atoms with Gasteiger partial charge in [0.1, 0.15) is 6.04 Å². The Morgan fingerprint density at radius 2 is 1.62 bits per heavy atom. The van der Waals surface area contributed by atoms with E-state index in [2.05, 4.69) is 5.32 Å². The summed E-state index contributed by atoms with van der Waals surface area (Å²) in [5, 5.41) is 14.3. The van der Waals surface area contributed by atoms with Crippen LogP contribution < -0.4 is 5.32 Å². The molecule has 0 heterocycles. The zero-order valence-corrected chi connectivity index (χ0v) is 14.9. The first-order chi connectivity index (χ1) is 12.6. The highest BCUT2D eigenvalue weighted by Gasteiger charge is 2.20. The molecule has 3 aromatic rings. The number of hydrogen-bond acceptors (Lipinski definition) is 3. The summed E-state index contributed by atoms with van der Waals surface area (Å²) in [6.45, 7) is 0. The quantitative estimate of drug-likeness (QED) is 0.626. The molecule has 0 saturated heterocycles. The van der Waals surface area contributed by atoms with E-state index in [1.54, 1.807) is 0 Å². The molecule has 0 aliphatic carbocycles. The van der Waals surface area contributed by atoms with Crippen LogP contribution in [0.3, 0.4) is 0 Å². The number of carboxylic acid groups (broad SMARTS) is 1. The van der Waals surface area contributed by atoms with Gasteiger partial charge < -0.3 is 10.4 Å². The molecule has 0 aliphatic rings. The van der Waals surface area contributed by atoms with Crippen LogP contribution in [0.25, 0.3) is 10.8 Å². The average Bonchev–Trinajstić information content (AvgIpc) is 2.65. The molecule has 0 aromatic heterocycles. The predicted molar refractivity (Wildman–Crippen MR) is 104 cm³/mol. The van der Waals surface area contributed by atoms with Crippen LogP contribution in [0.5, 0.6) is 0 Å². The van der Waals surface area contributed by atoms with Crippen LogP contribution >= 0.6 is 11.8 Å². The molecule has 2 N–H and O–H groups in total. The van der Waals surface area contributed by atoms with Crippen LogP contribution in [-0.4, -0.2) is 28.8 Å². The van der Waals surface area contributed by atoms with Crippen LogP contribution in [0.2, 0.25) is 0 Å². The summed E-state index contributed by atoms with van der Waals surface area (Å²) in [6.07, 6.45) is 0.170. The van der Waals surface area contributed by atoms with Gasteiger partial charge in [0.2, 0.25) is 5.91 Å². The van der Waals surface area contributed by atoms with E-state index in [4.69, 9.17) is 0 Å². The highest BCUT2D eigenvalue weighted by molar-refractivity contribution is 7.99. The summed E-state index contributed by atoms with van der Waals surface area (Å²) in [5.74, 6) is -1.05. The molecule has 26 heavy (non-hydrogen) atoms. The second-order valence-electron chi connectivity index (χ2n) is 5.91. The number of nitrogens with one attached hydrogen (secondary N) is 1. The molecule has 3 aromatic carbocycles. The van der Waals surface area contributed by atoms with Crippen molar-refractivity contribution in [3.05, 3.63) is 78.4 Å². The molecular weight excluding hydrogens is 346 g/mol. The number of hydrogen-bond donors (Lipinski definition) is 2. The zero-order valence-electron chi connectivity index (χ0n) is 14.1. The van der Waals surface area contributed by atoms with Crippen molar-refractivity contribution in [3.8, 4) is 0 Å². The van der Waals surface area contributed by atoms with Crippen LogP contribution in [0.1, 0.15) is 5.56 Å². The molecule has 1 amide bonds. The number of benzene rings is 3. The smallest absolute Gasteiger partial charge is 0.327 e. The van der Waals surface area contributed by atoms with Crippen molar-refractivity contribution in [1.82, 2.24) is 5.32 Å². The minimum Gasteiger partial charge on any atom is -0.480 e. The van der Waals surface area contributed by atoms with E-state index in [1.165, 1.54) is 11.8 Å². The molecule has 0 aliphatic heterocycles. The molecule has 0 saturated carbocycles. The predicted octanol–water partition coefficient (Wildman–Crippen LogP) is 3.74. The second-order valence-corrected chi connectivity index (χ2v) is 6.97. The maximum atomic E-state index is 12.2. The third kappa shape index (κ3) is 4.64. The highest BCUT2D eigenvalue weighted by Crippen LogP contribution is 2.28. The zero-order chi connectivity index (χ0) is 18.4. The molecule has 0 unspecified atom stereocenters. The molecule has 3 rings (SSSR count). The summed E-state index contributed by atoms with van der Waals surface area (Å²) in [4.78, 5) is 24.7. The van der Waals surface area contributed by atoms with Crippen molar-refractivity contribution in [1.29, 1.82) is 0 Å². The van der Waals surface area contributed by atoms with Gasteiger partial charge in [-0.3, -0.25) is 4.79 Å². The molecule has 0 bridgehead atoms. The Bertz CT molecular complexity index is 906. The van der Waals surface area contributed by atoms with Gasteiger partial charge >= 0.3 is 5.97 Å². The molecule has 0 radical (unpaired) electrons. The highest BCUT2D eigenvalue weighted by atomic mass is 32.2. The lowest BCUT2D eigenvalue weighted by molar-refractivity contribution is -0.141. The Morgan fingerprint density at radius 1 is 0.923 bits per heavy atom. The van der Waals surface area contributed by atoms with Crippen molar-refractivity contribution < 1.29 is 14.7 Å². The summed E-state index contributed by atoms with van der Waals surface area (Å²) in [5.41, 5.74) is 0.857. The lowest BCUT2D eigenvalue weighted by Gasteiger charge is -2.15. The fourth-order valence-electron chi connectivity index (χ4n) is 2.70.